The van der Waals surface area contributed by atoms with Crippen LogP contribution in [-0.2, 0) is 17.7 Å². The van der Waals surface area contributed by atoms with E-state index in [4.69, 9.17) is 4.74 Å². The Labute approximate surface area is 148 Å². The van der Waals surface area contributed by atoms with Gasteiger partial charge < -0.3 is 14.8 Å². The van der Waals surface area contributed by atoms with Gasteiger partial charge in [0.1, 0.15) is 11.4 Å². The molecular formula is C17H19F2N3O4. The number of nitrogens with zero attached hydrogens (tertiary/aromatic N) is 2. The van der Waals surface area contributed by atoms with E-state index in [1.165, 1.54) is 36.1 Å². The molecule has 1 N–H and O–H groups in total. The fourth-order valence-electron chi connectivity index (χ4n) is 2.16. The number of carbonyl (C=O) groups excluding carboxylic acids is 1. The van der Waals surface area contributed by atoms with E-state index >= 15 is 0 Å². The summed E-state index contributed by atoms with van der Waals surface area (Å²) >= 11 is 0. The van der Waals surface area contributed by atoms with Gasteiger partial charge in [-0.05, 0) is 30.2 Å². The lowest BCUT2D eigenvalue weighted by molar-refractivity contribution is -0.0498. The molecule has 0 atom stereocenters. The molecule has 2 aromatic rings. The normalized spacial score (nSPS) is 10.8. The number of methoxy groups -OCH3 is 1. The lowest BCUT2D eigenvalue weighted by Gasteiger charge is -2.08. The van der Waals surface area contributed by atoms with Crippen LogP contribution in [0.5, 0.6) is 5.75 Å². The summed E-state index contributed by atoms with van der Waals surface area (Å²) in [7, 11) is 1.51. The first-order valence-electron chi connectivity index (χ1n) is 7.88. The van der Waals surface area contributed by atoms with Gasteiger partial charge in [-0.15, -0.1) is 0 Å². The number of rotatable bonds is 9. The van der Waals surface area contributed by atoms with E-state index in [1.54, 1.807) is 12.1 Å². The van der Waals surface area contributed by atoms with Gasteiger partial charge in [0.2, 0.25) is 0 Å². The average molecular weight is 367 g/mol. The number of amides is 1. The molecule has 1 aromatic heterocycles. The Morgan fingerprint density at radius 3 is 2.62 bits per heavy atom. The molecule has 0 radical (unpaired) electrons. The summed E-state index contributed by atoms with van der Waals surface area (Å²) in [6.45, 7) is -1.97. The Balaban J connectivity index is 1.87. The van der Waals surface area contributed by atoms with Crippen LogP contribution in [0, 0.1) is 0 Å². The minimum Gasteiger partial charge on any atom is -0.435 e. The molecule has 9 heteroatoms. The summed E-state index contributed by atoms with van der Waals surface area (Å²) in [6.07, 6.45) is 0.504. The third-order valence-electron chi connectivity index (χ3n) is 3.45. The number of nitrogens with one attached hydrogen (secondary N) is 1. The smallest absolute Gasteiger partial charge is 0.387 e. The molecule has 0 fully saturated rings. The minimum absolute atomic E-state index is 0.0790. The first-order valence-corrected chi connectivity index (χ1v) is 7.88. The topological polar surface area (TPSA) is 82.5 Å². The van der Waals surface area contributed by atoms with Crippen molar-refractivity contribution < 1.29 is 23.0 Å². The van der Waals surface area contributed by atoms with Gasteiger partial charge in [-0.2, -0.15) is 13.9 Å². The fraction of sp³-hybridized carbons (Fsp3) is 0.353. The maximum Gasteiger partial charge on any atom is 0.387 e. The molecule has 26 heavy (non-hydrogen) atoms. The molecule has 1 amide bonds. The van der Waals surface area contributed by atoms with Crippen LogP contribution in [0.15, 0.2) is 41.2 Å². The Morgan fingerprint density at radius 2 is 1.96 bits per heavy atom. The van der Waals surface area contributed by atoms with E-state index in [0.717, 1.165) is 5.56 Å². The van der Waals surface area contributed by atoms with Gasteiger partial charge in [0.15, 0.2) is 0 Å². The van der Waals surface area contributed by atoms with Gasteiger partial charge in [-0.1, -0.05) is 12.1 Å². The van der Waals surface area contributed by atoms with Gasteiger partial charge in [0.05, 0.1) is 13.2 Å². The molecule has 0 aliphatic heterocycles. The summed E-state index contributed by atoms with van der Waals surface area (Å²) in [5.41, 5.74) is 0.663. The second kappa shape index (κ2) is 9.62. The zero-order valence-electron chi connectivity index (χ0n) is 14.2. The molecule has 0 saturated carbocycles. The molecule has 0 unspecified atom stereocenters. The van der Waals surface area contributed by atoms with Crippen LogP contribution >= 0.6 is 0 Å². The molecular weight excluding hydrogens is 348 g/mol. The second-order valence-electron chi connectivity index (χ2n) is 5.30. The van der Waals surface area contributed by atoms with Crippen molar-refractivity contribution in [2.75, 3.05) is 20.3 Å². The van der Waals surface area contributed by atoms with Crippen LogP contribution in [0.25, 0.3) is 0 Å². The Morgan fingerprint density at radius 1 is 1.23 bits per heavy atom. The predicted molar refractivity (Wildman–Crippen MR) is 89.5 cm³/mol. The highest BCUT2D eigenvalue weighted by Gasteiger charge is 2.09. The maximum absolute atomic E-state index is 12.1. The Bertz CT molecular complexity index is 778. The lowest BCUT2D eigenvalue weighted by atomic mass is 10.1. The van der Waals surface area contributed by atoms with Crippen molar-refractivity contribution in [2.45, 2.75) is 19.6 Å². The van der Waals surface area contributed by atoms with Crippen molar-refractivity contribution in [3.8, 4) is 5.75 Å². The first-order chi connectivity index (χ1) is 12.5. The van der Waals surface area contributed by atoms with Crippen LogP contribution in [0.4, 0.5) is 8.78 Å². The van der Waals surface area contributed by atoms with E-state index < -0.39 is 12.5 Å². The summed E-state index contributed by atoms with van der Waals surface area (Å²) in [5, 5.41) is 6.70. The number of ether oxygens (including phenoxy) is 2. The lowest BCUT2D eigenvalue weighted by Crippen LogP contribution is -2.31. The highest BCUT2D eigenvalue weighted by atomic mass is 19.3. The van der Waals surface area contributed by atoms with Crippen molar-refractivity contribution in [2.24, 2.45) is 0 Å². The van der Waals surface area contributed by atoms with Crippen LogP contribution in [0.3, 0.4) is 0 Å². The number of hydrogen-bond acceptors (Lipinski definition) is 5. The molecule has 0 aliphatic rings. The molecule has 0 bridgehead atoms. The highest BCUT2D eigenvalue weighted by Crippen LogP contribution is 2.14. The SMILES string of the molecule is COCCn1nc(C(=O)NCCc2ccc(OC(F)F)cc2)ccc1=O. The van der Waals surface area contributed by atoms with Gasteiger partial charge in [-0.25, -0.2) is 4.68 Å². The summed E-state index contributed by atoms with van der Waals surface area (Å²) in [6, 6.07) is 8.81. The number of halogens is 2. The monoisotopic (exact) mass is 367 g/mol. The van der Waals surface area contributed by atoms with E-state index in [9.17, 15) is 18.4 Å². The molecule has 140 valence electrons. The van der Waals surface area contributed by atoms with Crippen molar-refractivity contribution in [1.82, 2.24) is 15.1 Å². The predicted octanol–water partition coefficient (Wildman–Crippen LogP) is 1.46. The largest absolute Gasteiger partial charge is 0.435 e. The van der Waals surface area contributed by atoms with Crippen LogP contribution in [0.1, 0.15) is 16.1 Å². The minimum atomic E-state index is -2.86. The second-order valence-corrected chi connectivity index (χ2v) is 5.30. The van der Waals surface area contributed by atoms with E-state index in [1.807, 2.05) is 0 Å². The summed E-state index contributed by atoms with van der Waals surface area (Å²) in [5.74, 6) is -0.330. The zero-order chi connectivity index (χ0) is 18.9. The molecule has 2 rings (SSSR count). The van der Waals surface area contributed by atoms with E-state index in [-0.39, 0.29) is 23.5 Å². The van der Waals surface area contributed by atoms with Gasteiger partial charge in [-0.3, -0.25) is 9.59 Å². The van der Waals surface area contributed by atoms with E-state index in [2.05, 4.69) is 15.2 Å². The quantitative estimate of drug-likeness (QED) is 0.726. The van der Waals surface area contributed by atoms with Gasteiger partial charge in [0, 0.05) is 19.7 Å². The average Bonchev–Trinajstić information content (AvgIpc) is 2.62. The third kappa shape index (κ3) is 5.92. The number of carbonyl (C=O) groups is 1. The molecule has 0 spiro atoms. The molecule has 1 heterocycles. The molecule has 0 aliphatic carbocycles. The number of alkyl halides is 2. The van der Waals surface area contributed by atoms with Crippen molar-refractivity contribution >= 4 is 5.91 Å². The Hall–Kier alpha value is -2.81. The van der Waals surface area contributed by atoms with Crippen LogP contribution < -0.4 is 15.6 Å². The van der Waals surface area contributed by atoms with Crippen molar-refractivity contribution in [3.63, 3.8) is 0 Å². The zero-order valence-corrected chi connectivity index (χ0v) is 14.2. The van der Waals surface area contributed by atoms with Crippen molar-refractivity contribution in [1.29, 1.82) is 0 Å². The van der Waals surface area contributed by atoms with Gasteiger partial charge in [0.25, 0.3) is 11.5 Å². The fourth-order valence-corrected chi connectivity index (χ4v) is 2.16. The van der Waals surface area contributed by atoms with E-state index in [0.29, 0.717) is 19.6 Å². The standard InChI is InChI=1S/C17H19F2N3O4/c1-25-11-10-22-15(23)7-6-14(21-22)16(24)20-9-8-12-2-4-13(5-3-12)26-17(18)19/h2-7,17H,8-11H2,1H3,(H,20,24). The Kier molecular flexibility index (Phi) is 7.22. The first kappa shape index (κ1) is 19.5. The summed E-state index contributed by atoms with van der Waals surface area (Å²) < 4.78 is 34.5. The van der Waals surface area contributed by atoms with Crippen LogP contribution in [0.2, 0.25) is 0 Å². The number of benzene rings is 1. The number of hydrogen-bond donors (Lipinski definition) is 1. The third-order valence-corrected chi connectivity index (χ3v) is 3.45. The molecule has 0 saturated heterocycles. The highest BCUT2D eigenvalue weighted by molar-refractivity contribution is 5.91. The summed E-state index contributed by atoms with van der Waals surface area (Å²) in [4.78, 5) is 23.8. The molecule has 7 nitrogen and oxygen atoms in total. The molecule has 1 aromatic carbocycles. The maximum atomic E-state index is 12.1. The number of aromatic nitrogens is 2. The van der Waals surface area contributed by atoms with Crippen molar-refractivity contribution in [3.05, 3.63) is 58.0 Å². The van der Waals surface area contributed by atoms with Gasteiger partial charge >= 0.3 is 6.61 Å². The van der Waals surface area contributed by atoms with Crippen LogP contribution in [-0.4, -0.2) is 42.6 Å².